The van der Waals surface area contributed by atoms with Gasteiger partial charge in [0.05, 0.1) is 6.54 Å². The van der Waals surface area contributed by atoms with E-state index in [-0.39, 0.29) is 17.5 Å². The Bertz CT molecular complexity index is 720. The van der Waals surface area contributed by atoms with Crippen molar-refractivity contribution in [2.24, 2.45) is 0 Å². The Balaban J connectivity index is 2.19. The van der Waals surface area contributed by atoms with Gasteiger partial charge in [-0.25, -0.2) is 0 Å². The van der Waals surface area contributed by atoms with Crippen LogP contribution in [0, 0.1) is 6.92 Å². The molecule has 0 saturated heterocycles. The largest absolute Gasteiger partial charge is 0.361 e. The zero-order valence-corrected chi connectivity index (χ0v) is 13.4. The molecule has 0 aliphatic heterocycles. The van der Waals surface area contributed by atoms with Crippen LogP contribution < -0.4 is 5.32 Å². The molecule has 0 bridgehead atoms. The van der Waals surface area contributed by atoms with E-state index in [0.29, 0.717) is 18.0 Å². The molecule has 1 N–H and O–H groups in total. The van der Waals surface area contributed by atoms with E-state index in [1.807, 2.05) is 30.3 Å². The highest BCUT2D eigenvalue weighted by molar-refractivity contribution is 6.00. The lowest BCUT2D eigenvalue weighted by Gasteiger charge is -2.18. The summed E-state index contributed by atoms with van der Waals surface area (Å²) in [6, 6.07) is 11.1. The maximum Gasteiger partial charge on any atom is 0.270 e. The third-order valence-electron chi connectivity index (χ3n) is 3.07. The monoisotopic (exact) mass is 313 g/mol. The van der Waals surface area contributed by atoms with Crippen molar-refractivity contribution in [2.45, 2.75) is 20.4 Å². The Morgan fingerprint density at radius 1 is 1.30 bits per heavy atom. The van der Waals surface area contributed by atoms with E-state index in [1.165, 1.54) is 11.8 Å². The van der Waals surface area contributed by atoms with Gasteiger partial charge in [0, 0.05) is 20.0 Å². The van der Waals surface area contributed by atoms with Crippen molar-refractivity contribution >= 4 is 17.9 Å². The summed E-state index contributed by atoms with van der Waals surface area (Å²) in [5, 5.41) is 6.45. The average Bonchev–Trinajstić information content (AvgIpc) is 2.91. The van der Waals surface area contributed by atoms with Crippen molar-refractivity contribution in [3.8, 4) is 0 Å². The number of rotatable bonds is 5. The SMILES string of the molecule is CC(=O)N/C(=C/c1ccccc1)C(=O)N(C)Cc1cc(C)on1. The topological polar surface area (TPSA) is 75.4 Å². The van der Waals surface area contributed by atoms with Crippen LogP contribution in [-0.2, 0) is 16.1 Å². The predicted octanol–water partition coefficient (Wildman–Crippen LogP) is 2.12. The first kappa shape index (κ1) is 16.5. The molecule has 1 aromatic heterocycles. The van der Waals surface area contributed by atoms with Gasteiger partial charge in [0.2, 0.25) is 5.91 Å². The quantitative estimate of drug-likeness (QED) is 0.858. The van der Waals surface area contributed by atoms with Crippen LogP contribution in [0.2, 0.25) is 0 Å². The number of nitrogens with zero attached hydrogens (tertiary/aromatic N) is 2. The third-order valence-corrected chi connectivity index (χ3v) is 3.07. The van der Waals surface area contributed by atoms with Gasteiger partial charge in [0.1, 0.15) is 17.2 Å². The minimum Gasteiger partial charge on any atom is -0.361 e. The van der Waals surface area contributed by atoms with E-state index < -0.39 is 0 Å². The summed E-state index contributed by atoms with van der Waals surface area (Å²) in [5.41, 5.74) is 1.70. The number of hydrogen-bond donors (Lipinski definition) is 1. The van der Waals surface area contributed by atoms with Crippen molar-refractivity contribution in [1.29, 1.82) is 0 Å². The second-order valence-electron chi connectivity index (χ2n) is 5.24. The van der Waals surface area contributed by atoms with Crippen molar-refractivity contribution in [1.82, 2.24) is 15.4 Å². The first-order valence-electron chi connectivity index (χ1n) is 7.17. The van der Waals surface area contributed by atoms with Crippen LogP contribution >= 0.6 is 0 Å². The molecule has 0 fully saturated rings. The predicted molar refractivity (Wildman–Crippen MR) is 85.9 cm³/mol. The maximum absolute atomic E-state index is 12.6. The lowest BCUT2D eigenvalue weighted by molar-refractivity contribution is -0.128. The number of benzene rings is 1. The summed E-state index contributed by atoms with van der Waals surface area (Å²) in [7, 11) is 1.65. The van der Waals surface area contributed by atoms with E-state index in [9.17, 15) is 9.59 Å². The fourth-order valence-electron chi connectivity index (χ4n) is 2.07. The smallest absolute Gasteiger partial charge is 0.270 e. The van der Waals surface area contributed by atoms with E-state index in [1.54, 1.807) is 26.1 Å². The third kappa shape index (κ3) is 4.81. The number of likely N-dealkylation sites (N-methyl/N-ethyl adjacent to an activating group) is 1. The summed E-state index contributed by atoms with van der Waals surface area (Å²) in [6.45, 7) is 3.45. The van der Waals surface area contributed by atoms with Crippen LogP contribution in [0.15, 0.2) is 46.6 Å². The first-order valence-corrected chi connectivity index (χ1v) is 7.17. The van der Waals surface area contributed by atoms with Gasteiger partial charge in [-0.1, -0.05) is 35.5 Å². The normalized spacial score (nSPS) is 11.2. The van der Waals surface area contributed by atoms with E-state index in [2.05, 4.69) is 10.5 Å². The molecule has 0 aliphatic rings. The molecule has 0 aliphatic carbocycles. The second kappa shape index (κ2) is 7.40. The molecule has 1 heterocycles. The van der Waals surface area contributed by atoms with E-state index in [0.717, 1.165) is 5.56 Å². The Labute approximate surface area is 134 Å². The molecule has 6 nitrogen and oxygen atoms in total. The zero-order chi connectivity index (χ0) is 16.8. The highest BCUT2D eigenvalue weighted by Gasteiger charge is 2.17. The van der Waals surface area contributed by atoms with Crippen LogP contribution in [0.4, 0.5) is 0 Å². The second-order valence-corrected chi connectivity index (χ2v) is 5.24. The van der Waals surface area contributed by atoms with Gasteiger partial charge >= 0.3 is 0 Å². The molecule has 6 heteroatoms. The van der Waals surface area contributed by atoms with Crippen LogP contribution in [0.3, 0.4) is 0 Å². The molecule has 2 amide bonds. The summed E-state index contributed by atoms with van der Waals surface area (Å²) in [6.07, 6.45) is 1.65. The molecule has 23 heavy (non-hydrogen) atoms. The van der Waals surface area contributed by atoms with Gasteiger partial charge in [-0.15, -0.1) is 0 Å². The molecule has 0 unspecified atom stereocenters. The Kier molecular flexibility index (Phi) is 5.30. The van der Waals surface area contributed by atoms with E-state index in [4.69, 9.17) is 4.52 Å². The highest BCUT2D eigenvalue weighted by Crippen LogP contribution is 2.10. The molecule has 0 atom stereocenters. The summed E-state index contributed by atoms with van der Waals surface area (Å²) in [5.74, 6) is 0.0821. The molecule has 2 rings (SSSR count). The molecule has 2 aromatic rings. The van der Waals surface area contributed by atoms with Crippen LogP contribution in [-0.4, -0.2) is 28.9 Å². The van der Waals surface area contributed by atoms with Crippen LogP contribution in [0.25, 0.3) is 6.08 Å². The molecule has 120 valence electrons. The number of aryl methyl sites for hydroxylation is 1. The minimum absolute atomic E-state index is 0.214. The van der Waals surface area contributed by atoms with Gasteiger partial charge < -0.3 is 14.7 Å². The molecule has 1 aromatic carbocycles. The Morgan fingerprint density at radius 3 is 2.57 bits per heavy atom. The standard InChI is InChI=1S/C17H19N3O3/c1-12-9-15(19-23-12)11-20(3)17(22)16(18-13(2)21)10-14-7-5-4-6-8-14/h4-10H,11H2,1-3H3,(H,18,21)/b16-10+. The number of hydrogen-bond acceptors (Lipinski definition) is 4. The van der Waals surface area contributed by atoms with Gasteiger partial charge in [0.25, 0.3) is 5.91 Å². The number of carbonyl (C=O) groups excluding carboxylic acids is 2. The lowest BCUT2D eigenvalue weighted by Crippen LogP contribution is -2.35. The van der Waals surface area contributed by atoms with Crippen LogP contribution in [0.1, 0.15) is 23.9 Å². The fourth-order valence-corrected chi connectivity index (χ4v) is 2.07. The summed E-state index contributed by atoms with van der Waals surface area (Å²) in [4.78, 5) is 25.4. The van der Waals surface area contributed by atoms with Crippen LogP contribution in [0.5, 0.6) is 0 Å². The number of amides is 2. The molecule has 0 saturated carbocycles. The van der Waals surface area contributed by atoms with Crippen molar-refractivity contribution < 1.29 is 14.1 Å². The summed E-state index contributed by atoms with van der Waals surface area (Å²) >= 11 is 0. The lowest BCUT2D eigenvalue weighted by atomic mass is 10.2. The van der Waals surface area contributed by atoms with Gasteiger partial charge in [0.15, 0.2) is 0 Å². The zero-order valence-electron chi connectivity index (χ0n) is 13.4. The summed E-state index contributed by atoms with van der Waals surface area (Å²) < 4.78 is 4.99. The molecular formula is C17H19N3O3. The number of carbonyl (C=O) groups is 2. The number of aromatic nitrogens is 1. The molecular weight excluding hydrogens is 294 g/mol. The van der Waals surface area contributed by atoms with Gasteiger partial charge in [-0.2, -0.15) is 0 Å². The fraction of sp³-hybridized carbons (Fsp3) is 0.235. The maximum atomic E-state index is 12.6. The van der Waals surface area contributed by atoms with E-state index >= 15 is 0 Å². The average molecular weight is 313 g/mol. The Morgan fingerprint density at radius 2 is 2.00 bits per heavy atom. The van der Waals surface area contributed by atoms with Crippen molar-refractivity contribution in [2.75, 3.05) is 7.05 Å². The van der Waals surface area contributed by atoms with Crippen molar-refractivity contribution in [3.05, 3.63) is 59.1 Å². The first-order chi connectivity index (χ1) is 11.0. The number of nitrogens with one attached hydrogen (secondary N) is 1. The molecule has 0 radical (unpaired) electrons. The minimum atomic E-state index is -0.301. The van der Waals surface area contributed by atoms with Gasteiger partial charge in [-0.3, -0.25) is 9.59 Å². The molecule has 0 spiro atoms. The highest BCUT2D eigenvalue weighted by atomic mass is 16.5. The van der Waals surface area contributed by atoms with Gasteiger partial charge in [-0.05, 0) is 18.6 Å². The Hall–Kier alpha value is -2.89. The van der Waals surface area contributed by atoms with Crippen molar-refractivity contribution in [3.63, 3.8) is 0 Å².